The number of methoxy groups -OCH3 is 1. The molecule has 0 aliphatic rings. The van der Waals surface area contributed by atoms with Crippen LogP contribution in [0.4, 0.5) is 0 Å². The van der Waals surface area contributed by atoms with Crippen LogP contribution in [0.15, 0.2) is 18.2 Å². The molecule has 0 radical (unpaired) electrons. The van der Waals surface area contributed by atoms with E-state index in [2.05, 4.69) is 15.0 Å². The van der Waals surface area contributed by atoms with Gasteiger partial charge in [-0.25, -0.2) is 4.79 Å². The van der Waals surface area contributed by atoms with Crippen LogP contribution < -0.4 is 5.32 Å². The second kappa shape index (κ2) is 8.68. The highest BCUT2D eigenvalue weighted by Gasteiger charge is 2.19. The zero-order chi connectivity index (χ0) is 19.3. The smallest absolute Gasteiger partial charge is 0.354 e. The number of aromatic amines is 1. The number of nitrogens with one attached hydrogen (secondary N) is 2. The Morgan fingerprint density at radius 2 is 2.08 bits per heavy atom. The van der Waals surface area contributed by atoms with Crippen molar-refractivity contribution in [1.29, 1.82) is 0 Å². The predicted octanol–water partition coefficient (Wildman–Crippen LogP) is 1.62. The van der Waals surface area contributed by atoms with Crippen LogP contribution in [0.2, 0.25) is 0 Å². The number of rotatable bonds is 8. The van der Waals surface area contributed by atoms with Crippen LogP contribution in [0.3, 0.4) is 0 Å². The summed E-state index contributed by atoms with van der Waals surface area (Å²) in [5.41, 5.74) is 1.10. The number of hydrogen-bond donors (Lipinski definition) is 4. The molecule has 0 bridgehead atoms. The Morgan fingerprint density at radius 3 is 2.73 bits per heavy atom. The second-order valence-corrected chi connectivity index (χ2v) is 5.97. The summed E-state index contributed by atoms with van der Waals surface area (Å²) in [7, 11) is 1.32. The van der Waals surface area contributed by atoms with Crippen molar-refractivity contribution in [3.63, 3.8) is 0 Å². The number of phenols is 1. The molecular weight excluding hydrogens is 340 g/mol. The van der Waals surface area contributed by atoms with Crippen LogP contribution in [0, 0.1) is 0 Å². The van der Waals surface area contributed by atoms with E-state index in [1.54, 1.807) is 19.1 Å². The maximum absolute atomic E-state index is 11.9. The van der Waals surface area contributed by atoms with Gasteiger partial charge in [0, 0.05) is 18.0 Å². The van der Waals surface area contributed by atoms with Crippen LogP contribution in [-0.4, -0.2) is 53.4 Å². The first kappa shape index (κ1) is 19.7. The molecule has 4 N–H and O–H groups in total. The number of hydrogen-bond acceptors (Lipinski definition) is 7. The van der Waals surface area contributed by atoms with E-state index >= 15 is 0 Å². The van der Waals surface area contributed by atoms with Crippen LogP contribution >= 0.6 is 0 Å². The Balaban J connectivity index is 2.19. The molecule has 0 fully saturated rings. The van der Waals surface area contributed by atoms with Gasteiger partial charge in [0.15, 0.2) is 0 Å². The van der Waals surface area contributed by atoms with E-state index in [0.717, 1.165) is 0 Å². The fourth-order valence-electron chi connectivity index (χ4n) is 2.66. The van der Waals surface area contributed by atoms with E-state index in [9.17, 15) is 19.8 Å². The first-order chi connectivity index (χ1) is 12.4. The van der Waals surface area contributed by atoms with Crippen LogP contribution in [0.5, 0.6) is 5.75 Å². The van der Waals surface area contributed by atoms with Crippen LogP contribution in [0.1, 0.15) is 42.4 Å². The van der Waals surface area contributed by atoms with Crippen molar-refractivity contribution in [2.24, 2.45) is 0 Å². The summed E-state index contributed by atoms with van der Waals surface area (Å²) in [6.07, 6.45) is -0.713. The van der Waals surface area contributed by atoms with Gasteiger partial charge >= 0.3 is 11.9 Å². The molecule has 26 heavy (non-hydrogen) atoms. The molecular formula is C18H24N2O6. The normalized spacial score (nSPS) is 13.4. The maximum Gasteiger partial charge on any atom is 0.354 e. The molecule has 1 aromatic carbocycles. The van der Waals surface area contributed by atoms with Crippen LogP contribution in [-0.2, 0) is 14.3 Å². The Labute approximate surface area is 151 Å². The first-order valence-corrected chi connectivity index (χ1v) is 8.37. The number of ether oxygens (including phenoxy) is 2. The zero-order valence-corrected chi connectivity index (χ0v) is 15.0. The van der Waals surface area contributed by atoms with Crippen molar-refractivity contribution in [2.75, 3.05) is 20.3 Å². The summed E-state index contributed by atoms with van der Waals surface area (Å²) in [5, 5.41) is 24.1. The topological polar surface area (TPSA) is 121 Å². The molecule has 2 rings (SSSR count). The Morgan fingerprint density at radius 1 is 1.35 bits per heavy atom. The van der Waals surface area contributed by atoms with Gasteiger partial charge in [-0.2, -0.15) is 0 Å². The lowest BCUT2D eigenvalue weighted by atomic mass is 10.0. The lowest BCUT2D eigenvalue weighted by Gasteiger charge is -2.17. The minimum atomic E-state index is -0.899. The summed E-state index contributed by atoms with van der Waals surface area (Å²) in [6.45, 7) is 3.94. The molecule has 8 nitrogen and oxygen atoms in total. The Bertz CT molecular complexity index is 785. The van der Waals surface area contributed by atoms with E-state index in [1.165, 1.54) is 13.2 Å². The molecule has 2 unspecified atom stereocenters. The molecule has 0 saturated carbocycles. The van der Waals surface area contributed by atoms with Crippen molar-refractivity contribution in [3.8, 4) is 5.75 Å². The van der Waals surface area contributed by atoms with E-state index in [-0.39, 0.29) is 43.0 Å². The van der Waals surface area contributed by atoms with Gasteiger partial charge in [-0.05, 0) is 31.5 Å². The van der Waals surface area contributed by atoms with Gasteiger partial charge < -0.3 is 30.0 Å². The second-order valence-electron chi connectivity index (χ2n) is 5.97. The third-order valence-corrected chi connectivity index (χ3v) is 4.02. The molecule has 2 atom stereocenters. The van der Waals surface area contributed by atoms with Crippen molar-refractivity contribution >= 4 is 22.8 Å². The molecule has 0 spiro atoms. The number of aromatic nitrogens is 1. The lowest BCUT2D eigenvalue weighted by molar-refractivity contribution is -0.141. The van der Waals surface area contributed by atoms with E-state index < -0.39 is 12.1 Å². The van der Waals surface area contributed by atoms with Gasteiger partial charge in [-0.3, -0.25) is 4.79 Å². The van der Waals surface area contributed by atoms with Crippen molar-refractivity contribution in [2.45, 2.75) is 32.4 Å². The molecule has 1 aromatic heterocycles. The minimum Gasteiger partial charge on any atom is -0.506 e. The number of aliphatic hydroxyl groups is 1. The van der Waals surface area contributed by atoms with Crippen molar-refractivity contribution in [3.05, 3.63) is 29.5 Å². The zero-order valence-electron chi connectivity index (χ0n) is 15.0. The predicted molar refractivity (Wildman–Crippen MR) is 95.0 cm³/mol. The molecule has 2 aromatic rings. The number of fused-ring (bicyclic) bond motifs is 1. The standard InChI is InChI=1S/C18H24N2O6/c1-4-26-18(24)13-8-12-11(5-6-14(21)17(12)20-13)15(22)9-19-10(2)7-16(23)25-3/h5-6,8,10,15,19-22H,4,7,9H2,1-3H3. The SMILES string of the molecule is CCOC(=O)c1cc2c(C(O)CNC(C)CC(=O)OC)ccc(O)c2[nH]1. The average Bonchev–Trinajstić information content (AvgIpc) is 3.06. The number of aliphatic hydroxyl groups excluding tert-OH is 1. The number of phenolic OH excluding ortho intramolecular Hbond substituents is 1. The first-order valence-electron chi connectivity index (χ1n) is 8.37. The molecule has 142 valence electrons. The fraction of sp³-hybridized carbons (Fsp3) is 0.444. The van der Waals surface area contributed by atoms with Gasteiger partial charge in [-0.1, -0.05) is 6.07 Å². The Hall–Kier alpha value is -2.58. The van der Waals surface area contributed by atoms with Gasteiger partial charge in [0.05, 0.1) is 31.8 Å². The monoisotopic (exact) mass is 364 g/mol. The molecule has 0 amide bonds. The molecule has 0 aliphatic carbocycles. The maximum atomic E-state index is 11.9. The summed E-state index contributed by atoms with van der Waals surface area (Å²) < 4.78 is 9.56. The third-order valence-electron chi connectivity index (χ3n) is 4.02. The largest absolute Gasteiger partial charge is 0.506 e. The van der Waals surface area contributed by atoms with E-state index in [0.29, 0.717) is 16.5 Å². The van der Waals surface area contributed by atoms with Gasteiger partial charge in [0.25, 0.3) is 0 Å². The number of H-pyrrole nitrogens is 1. The number of carbonyl (C=O) groups is 2. The van der Waals surface area contributed by atoms with E-state index in [1.807, 2.05) is 6.92 Å². The molecule has 0 saturated heterocycles. The van der Waals surface area contributed by atoms with Gasteiger partial charge in [-0.15, -0.1) is 0 Å². The summed E-state index contributed by atoms with van der Waals surface area (Å²) in [6, 6.07) is 4.41. The highest BCUT2D eigenvalue weighted by molar-refractivity contribution is 5.98. The summed E-state index contributed by atoms with van der Waals surface area (Å²) >= 11 is 0. The Kier molecular flexibility index (Phi) is 6.59. The van der Waals surface area contributed by atoms with Crippen molar-refractivity contribution in [1.82, 2.24) is 10.3 Å². The fourth-order valence-corrected chi connectivity index (χ4v) is 2.66. The highest BCUT2D eigenvalue weighted by Crippen LogP contribution is 2.31. The van der Waals surface area contributed by atoms with Gasteiger partial charge in [0.2, 0.25) is 0 Å². The number of benzene rings is 1. The van der Waals surface area contributed by atoms with Crippen LogP contribution in [0.25, 0.3) is 10.9 Å². The summed E-state index contributed by atoms with van der Waals surface area (Å²) in [5.74, 6) is -0.900. The highest BCUT2D eigenvalue weighted by atomic mass is 16.5. The molecule has 0 aliphatic heterocycles. The number of carbonyl (C=O) groups excluding carboxylic acids is 2. The quantitative estimate of drug-likeness (QED) is 0.525. The number of esters is 2. The molecule has 1 heterocycles. The average molecular weight is 364 g/mol. The molecule has 8 heteroatoms. The summed E-state index contributed by atoms with van der Waals surface area (Å²) in [4.78, 5) is 26.0. The minimum absolute atomic E-state index is 0.0292. The number of aromatic hydroxyl groups is 1. The van der Waals surface area contributed by atoms with E-state index in [4.69, 9.17) is 4.74 Å². The van der Waals surface area contributed by atoms with Crippen molar-refractivity contribution < 1.29 is 29.3 Å². The lowest BCUT2D eigenvalue weighted by Crippen LogP contribution is -2.32. The van der Waals surface area contributed by atoms with Gasteiger partial charge in [0.1, 0.15) is 11.4 Å². The third kappa shape index (κ3) is 4.53.